The van der Waals surface area contributed by atoms with Gasteiger partial charge in [0, 0.05) is 52.7 Å². The molecule has 2 aromatic rings. The average molecular weight is 443 g/mol. The maximum Gasteiger partial charge on any atom is 0.353 e. The first-order valence-electron chi connectivity index (χ1n) is 10.3. The van der Waals surface area contributed by atoms with Crippen molar-refractivity contribution in [3.05, 3.63) is 40.2 Å². The minimum absolute atomic E-state index is 0.146. The Morgan fingerprint density at radius 3 is 2.69 bits per heavy atom. The molecule has 2 N–H and O–H groups in total. The Labute approximate surface area is 184 Å². The molecule has 12 nitrogen and oxygen atoms in total. The third-order valence-corrected chi connectivity index (χ3v) is 5.29. The second-order valence-electron chi connectivity index (χ2n) is 7.51. The van der Waals surface area contributed by atoms with Gasteiger partial charge in [-0.25, -0.2) is 9.97 Å². The monoisotopic (exact) mass is 443 g/mol. The Kier molecular flexibility index (Phi) is 6.50. The zero-order valence-corrected chi connectivity index (χ0v) is 17.7. The fourth-order valence-corrected chi connectivity index (χ4v) is 3.73. The standard InChI is InChI=1S/C20H25N7O5/c1-14(28)21-4-5-22-19-18(27(29)30)20(24-12-23-19)26-8-6-25(7-9-26)11-15-2-3-16-17(10-15)32-13-31-16/h2-3,10,12H,4-9,11,13H2,1H3,(H,21,28)(H,22,23,24). The molecule has 0 atom stereocenters. The minimum Gasteiger partial charge on any atom is -0.454 e. The summed E-state index contributed by atoms with van der Waals surface area (Å²) in [6.07, 6.45) is 1.32. The van der Waals surface area contributed by atoms with Crippen LogP contribution in [-0.4, -0.2) is 71.8 Å². The molecule has 1 fully saturated rings. The van der Waals surface area contributed by atoms with Gasteiger partial charge in [-0.05, 0) is 17.7 Å². The Hall–Kier alpha value is -3.67. The molecule has 1 aromatic heterocycles. The predicted molar refractivity (Wildman–Crippen MR) is 116 cm³/mol. The van der Waals surface area contributed by atoms with Crippen LogP contribution in [0.15, 0.2) is 24.5 Å². The van der Waals surface area contributed by atoms with Gasteiger partial charge in [0.15, 0.2) is 11.5 Å². The lowest BCUT2D eigenvalue weighted by molar-refractivity contribution is -0.383. The van der Waals surface area contributed by atoms with Crippen LogP contribution < -0.4 is 25.0 Å². The van der Waals surface area contributed by atoms with Crippen LogP contribution >= 0.6 is 0 Å². The van der Waals surface area contributed by atoms with Gasteiger partial charge in [0.2, 0.25) is 24.3 Å². The summed E-state index contributed by atoms with van der Waals surface area (Å²) in [7, 11) is 0. The molecule has 170 valence electrons. The highest BCUT2D eigenvalue weighted by Gasteiger charge is 2.29. The van der Waals surface area contributed by atoms with Crippen molar-refractivity contribution in [1.82, 2.24) is 20.2 Å². The van der Waals surface area contributed by atoms with E-state index in [0.29, 0.717) is 32.0 Å². The summed E-state index contributed by atoms with van der Waals surface area (Å²) in [4.78, 5) is 34.7. The van der Waals surface area contributed by atoms with Crippen molar-refractivity contribution in [1.29, 1.82) is 0 Å². The van der Waals surface area contributed by atoms with Gasteiger partial charge in [-0.1, -0.05) is 6.07 Å². The highest BCUT2D eigenvalue weighted by molar-refractivity contribution is 5.73. The topological polar surface area (TPSA) is 135 Å². The molecule has 0 unspecified atom stereocenters. The highest BCUT2D eigenvalue weighted by Crippen LogP contribution is 2.34. The van der Waals surface area contributed by atoms with Crippen molar-refractivity contribution in [2.24, 2.45) is 0 Å². The number of piperazine rings is 1. The lowest BCUT2D eigenvalue weighted by Crippen LogP contribution is -2.46. The predicted octanol–water partition coefficient (Wildman–Crippen LogP) is 0.984. The number of carbonyl (C=O) groups is 1. The number of anilines is 2. The van der Waals surface area contributed by atoms with Gasteiger partial charge in [0.25, 0.3) is 0 Å². The lowest BCUT2D eigenvalue weighted by atomic mass is 10.1. The van der Waals surface area contributed by atoms with Crippen LogP contribution in [0.5, 0.6) is 11.5 Å². The van der Waals surface area contributed by atoms with E-state index in [9.17, 15) is 14.9 Å². The second kappa shape index (κ2) is 9.64. The Balaban J connectivity index is 1.38. The summed E-state index contributed by atoms with van der Waals surface area (Å²) in [5, 5.41) is 17.3. The summed E-state index contributed by atoms with van der Waals surface area (Å²) in [5.41, 5.74) is 0.973. The van der Waals surface area contributed by atoms with E-state index in [1.807, 2.05) is 23.1 Å². The van der Waals surface area contributed by atoms with E-state index in [0.717, 1.165) is 36.7 Å². The van der Waals surface area contributed by atoms with E-state index in [1.165, 1.54) is 13.3 Å². The van der Waals surface area contributed by atoms with Crippen LogP contribution in [0, 0.1) is 10.1 Å². The number of benzene rings is 1. The molecule has 3 heterocycles. The number of nitrogens with zero attached hydrogens (tertiary/aromatic N) is 5. The fourth-order valence-electron chi connectivity index (χ4n) is 3.73. The first-order chi connectivity index (χ1) is 15.5. The van der Waals surface area contributed by atoms with Crippen molar-refractivity contribution >= 4 is 23.2 Å². The summed E-state index contributed by atoms with van der Waals surface area (Å²) in [5.74, 6) is 1.80. The Bertz CT molecular complexity index is 994. The van der Waals surface area contributed by atoms with Crippen LogP contribution in [0.4, 0.5) is 17.3 Å². The molecule has 1 saturated heterocycles. The zero-order valence-electron chi connectivity index (χ0n) is 17.7. The van der Waals surface area contributed by atoms with Crippen molar-refractivity contribution < 1.29 is 19.2 Å². The molecule has 1 amide bonds. The maximum atomic E-state index is 11.8. The van der Waals surface area contributed by atoms with Crippen molar-refractivity contribution in [2.45, 2.75) is 13.5 Å². The van der Waals surface area contributed by atoms with Crippen molar-refractivity contribution in [3.8, 4) is 11.5 Å². The third kappa shape index (κ3) is 4.97. The number of amides is 1. The normalized spacial score (nSPS) is 15.5. The van der Waals surface area contributed by atoms with Crippen LogP contribution in [0.3, 0.4) is 0 Å². The van der Waals surface area contributed by atoms with E-state index in [2.05, 4.69) is 25.5 Å². The molecule has 0 radical (unpaired) electrons. The third-order valence-electron chi connectivity index (χ3n) is 5.29. The molecule has 4 rings (SSSR count). The summed E-state index contributed by atoms with van der Waals surface area (Å²) in [6.45, 7) is 5.76. The summed E-state index contributed by atoms with van der Waals surface area (Å²) in [6, 6.07) is 5.93. The zero-order chi connectivity index (χ0) is 22.5. The number of fused-ring (bicyclic) bond motifs is 1. The highest BCUT2D eigenvalue weighted by atomic mass is 16.7. The smallest absolute Gasteiger partial charge is 0.353 e. The molecule has 0 saturated carbocycles. The number of rotatable bonds is 8. The molecule has 2 aliphatic rings. The van der Waals surface area contributed by atoms with E-state index in [-0.39, 0.29) is 24.2 Å². The number of nitrogens with one attached hydrogen (secondary N) is 2. The van der Waals surface area contributed by atoms with E-state index in [4.69, 9.17) is 9.47 Å². The number of hydrogen-bond acceptors (Lipinski definition) is 10. The molecule has 0 spiro atoms. The molecule has 2 aliphatic heterocycles. The van der Waals surface area contributed by atoms with E-state index < -0.39 is 4.92 Å². The quantitative estimate of drug-likeness (QED) is 0.345. The number of carbonyl (C=O) groups excluding carboxylic acids is 1. The molecule has 12 heteroatoms. The fraction of sp³-hybridized carbons (Fsp3) is 0.450. The van der Waals surface area contributed by atoms with Crippen LogP contribution in [-0.2, 0) is 11.3 Å². The van der Waals surface area contributed by atoms with Gasteiger partial charge in [-0.3, -0.25) is 19.8 Å². The lowest BCUT2D eigenvalue weighted by Gasteiger charge is -2.35. The number of nitro groups is 1. The number of ether oxygens (including phenoxy) is 2. The largest absolute Gasteiger partial charge is 0.454 e. The van der Waals surface area contributed by atoms with Gasteiger partial charge in [0.1, 0.15) is 6.33 Å². The molecular weight excluding hydrogens is 418 g/mol. The second-order valence-corrected chi connectivity index (χ2v) is 7.51. The molecule has 32 heavy (non-hydrogen) atoms. The van der Waals surface area contributed by atoms with E-state index >= 15 is 0 Å². The van der Waals surface area contributed by atoms with Crippen molar-refractivity contribution in [2.75, 3.05) is 56.3 Å². The molecular formula is C20H25N7O5. The Morgan fingerprint density at radius 2 is 1.94 bits per heavy atom. The van der Waals surface area contributed by atoms with Gasteiger partial charge in [-0.15, -0.1) is 0 Å². The Morgan fingerprint density at radius 1 is 1.16 bits per heavy atom. The SMILES string of the molecule is CC(=O)NCCNc1ncnc(N2CCN(Cc3ccc4c(c3)OCO4)CC2)c1[N+](=O)[O-]. The maximum absolute atomic E-state index is 11.8. The molecule has 0 aliphatic carbocycles. The van der Waals surface area contributed by atoms with Gasteiger partial charge in [-0.2, -0.15) is 0 Å². The van der Waals surface area contributed by atoms with Crippen LogP contribution in [0.2, 0.25) is 0 Å². The first-order valence-corrected chi connectivity index (χ1v) is 10.3. The van der Waals surface area contributed by atoms with Gasteiger partial charge in [0.05, 0.1) is 4.92 Å². The van der Waals surface area contributed by atoms with Gasteiger partial charge >= 0.3 is 5.69 Å². The van der Waals surface area contributed by atoms with E-state index in [1.54, 1.807) is 0 Å². The number of aromatic nitrogens is 2. The first kappa shape index (κ1) is 21.6. The summed E-state index contributed by atoms with van der Waals surface area (Å²) < 4.78 is 10.8. The summed E-state index contributed by atoms with van der Waals surface area (Å²) >= 11 is 0. The average Bonchev–Trinajstić information content (AvgIpc) is 3.25. The minimum atomic E-state index is -0.463. The van der Waals surface area contributed by atoms with Crippen LogP contribution in [0.25, 0.3) is 0 Å². The number of hydrogen-bond donors (Lipinski definition) is 2. The van der Waals surface area contributed by atoms with Crippen molar-refractivity contribution in [3.63, 3.8) is 0 Å². The molecule has 1 aromatic carbocycles. The van der Waals surface area contributed by atoms with Crippen LogP contribution in [0.1, 0.15) is 12.5 Å². The molecule has 0 bridgehead atoms. The van der Waals surface area contributed by atoms with Gasteiger partial charge < -0.3 is 25.0 Å².